The number of carbonyl (C=O) groups is 1. The first-order valence-electron chi connectivity index (χ1n) is 12.6. The van der Waals surface area contributed by atoms with E-state index in [1.807, 2.05) is 24.4 Å². The van der Waals surface area contributed by atoms with Crippen LogP contribution in [0.4, 0.5) is 14.5 Å². The van der Waals surface area contributed by atoms with Crippen molar-refractivity contribution in [2.24, 2.45) is 5.41 Å². The Kier molecular flexibility index (Phi) is 7.91. The van der Waals surface area contributed by atoms with E-state index in [-0.39, 0.29) is 29.5 Å². The van der Waals surface area contributed by atoms with Gasteiger partial charge in [-0.15, -0.1) is 0 Å². The summed E-state index contributed by atoms with van der Waals surface area (Å²) in [6, 6.07) is 8.99. The zero-order chi connectivity index (χ0) is 29.5. The molecular formula is C27H32BF2N3O7. The molecule has 7 N–H and O–H groups in total. The van der Waals surface area contributed by atoms with Gasteiger partial charge in [-0.3, -0.25) is 4.90 Å². The van der Waals surface area contributed by atoms with Gasteiger partial charge in [-0.1, -0.05) is 6.07 Å². The summed E-state index contributed by atoms with van der Waals surface area (Å²) in [5.74, 6) is -3.15. The zero-order valence-corrected chi connectivity index (χ0v) is 22.1. The van der Waals surface area contributed by atoms with Crippen LogP contribution in [0, 0.1) is 12.3 Å². The van der Waals surface area contributed by atoms with Crippen LogP contribution in [0.3, 0.4) is 0 Å². The van der Waals surface area contributed by atoms with Crippen molar-refractivity contribution in [3.05, 3.63) is 59.3 Å². The second kappa shape index (κ2) is 10.6. The maximum Gasteiger partial charge on any atom is 0.367 e. The minimum Gasteiger partial charge on any atom is -0.496 e. The van der Waals surface area contributed by atoms with Gasteiger partial charge in [0.05, 0.1) is 12.7 Å². The molecule has 1 aliphatic heterocycles. The summed E-state index contributed by atoms with van der Waals surface area (Å²) in [6.45, 7) is 2.92. The molecule has 0 amide bonds. The summed E-state index contributed by atoms with van der Waals surface area (Å²) in [6.07, 6.45) is -0.117. The van der Waals surface area contributed by atoms with Crippen LogP contribution >= 0.6 is 0 Å². The Labute approximate surface area is 230 Å². The molecule has 1 saturated heterocycles. The largest absolute Gasteiger partial charge is 0.496 e. The molecule has 2 heterocycles. The van der Waals surface area contributed by atoms with Crippen LogP contribution in [0.1, 0.15) is 47.2 Å². The van der Waals surface area contributed by atoms with Gasteiger partial charge >= 0.3 is 12.1 Å². The van der Waals surface area contributed by atoms with E-state index in [2.05, 4.69) is 4.98 Å². The maximum absolute atomic E-state index is 13.3. The number of alkyl halides is 2. The lowest BCUT2D eigenvalue weighted by molar-refractivity contribution is -0.289. The monoisotopic (exact) mass is 559 g/mol. The number of carboxylic acids is 1. The Morgan fingerprint density at radius 2 is 1.77 bits per heavy atom. The number of aromatic carboxylic acids is 1. The number of aromatic amines is 1. The molecule has 3 aromatic rings. The lowest BCUT2D eigenvalue weighted by Gasteiger charge is -2.54. The van der Waals surface area contributed by atoms with Crippen LogP contribution in [-0.4, -0.2) is 81.5 Å². The van der Waals surface area contributed by atoms with Crippen LogP contribution in [-0.2, 0) is 5.62 Å². The van der Waals surface area contributed by atoms with Crippen LogP contribution in [0.2, 0.25) is 0 Å². The molecule has 10 nitrogen and oxygen atoms in total. The van der Waals surface area contributed by atoms with E-state index in [0.29, 0.717) is 37.2 Å². The van der Waals surface area contributed by atoms with Gasteiger partial charge in [-0.2, -0.15) is 0 Å². The van der Waals surface area contributed by atoms with Crippen molar-refractivity contribution in [2.45, 2.75) is 50.3 Å². The second-order valence-electron chi connectivity index (χ2n) is 10.6. The Morgan fingerprint density at radius 1 is 1.12 bits per heavy atom. The molecule has 2 radical (unpaired) electrons. The summed E-state index contributed by atoms with van der Waals surface area (Å²) in [5.41, 5.74) is 0.436. The molecule has 1 aliphatic carbocycles. The predicted octanol–water partition coefficient (Wildman–Crippen LogP) is 2.65. The Balaban J connectivity index is 0.000000224. The van der Waals surface area contributed by atoms with Crippen molar-refractivity contribution in [1.29, 1.82) is 0 Å². The van der Waals surface area contributed by atoms with Crippen molar-refractivity contribution in [3.63, 3.8) is 0 Å². The first kappa shape index (κ1) is 29.8. The molecule has 1 unspecified atom stereocenters. The van der Waals surface area contributed by atoms with E-state index in [0.717, 1.165) is 22.5 Å². The third kappa shape index (κ3) is 6.23. The van der Waals surface area contributed by atoms with E-state index in [4.69, 9.17) is 33.0 Å². The van der Waals surface area contributed by atoms with Gasteiger partial charge < -0.3 is 40.6 Å². The fraction of sp³-hybridized carbons (Fsp3) is 0.444. The highest BCUT2D eigenvalue weighted by Gasteiger charge is 2.57. The number of likely N-dealkylation sites (tertiary alicyclic amines) is 1. The third-order valence-corrected chi connectivity index (χ3v) is 7.59. The molecule has 1 saturated carbocycles. The smallest absolute Gasteiger partial charge is 0.367 e. The summed E-state index contributed by atoms with van der Waals surface area (Å²) < 4.78 is 32.2. The normalized spacial score (nSPS) is 19.7. The molecule has 214 valence electrons. The lowest BCUT2D eigenvalue weighted by Crippen LogP contribution is -2.57. The number of methoxy groups -OCH3 is 1. The minimum absolute atomic E-state index is 0.0285. The van der Waals surface area contributed by atoms with Gasteiger partial charge in [0.2, 0.25) is 5.92 Å². The SMILES string of the molecule is O=C(O)c1cccc(NC(O)(O)O)c1.[B]C(O)(c1c(OC)cc(C)c2[nH]ccc12)N1CCC2(CC1)CC(F)(F)C2. The number of nitrogens with one attached hydrogen (secondary N) is 2. The molecule has 40 heavy (non-hydrogen) atoms. The van der Waals surface area contributed by atoms with E-state index in [1.54, 1.807) is 18.2 Å². The van der Waals surface area contributed by atoms with Gasteiger partial charge in [0, 0.05) is 54.3 Å². The number of anilines is 1. The van der Waals surface area contributed by atoms with E-state index < -0.39 is 23.6 Å². The van der Waals surface area contributed by atoms with Crippen LogP contribution < -0.4 is 10.1 Å². The highest BCUT2D eigenvalue weighted by molar-refractivity contribution is 6.16. The summed E-state index contributed by atoms with van der Waals surface area (Å²) >= 11 is 0. The number of aromatic nitrogens is 1. The summed E-state index contributed by atoms with van der Waals surface area (Å²) in [5, 5.41) is 48.2. The molecule has 0 bridgehead atoms. The van der Waals surface area contributed by atoms with Crippen LogP contribution in [0.5, 0.6) is 5.75 Å². The number of ether oxygens (including phenoxy) is 1. The quantitative estimate of drug-likeness (QED) is 0.178. The molecule has 2 aromatic carbocycles. The molecule has 1 aromatic heterocycles. The number of carboxylic acid groups (broad SMARTS) is 1. The van der Waals surface area contributed by atoms with Gasteiger partial charge in [-0.05, 0) is 61.1 Å². The molecule has 1 atom stereocenters. The number of benzene rings is 2. The molecule has 2 fully saturated rings. The van der Waals surface area contributed by atoms with Gasteiger partial charge in [0.15, 0.2) is 0 Å². The predicted molar refractivity (Wildman–Crippen MR) is 143 cm³/mol. The fourth-order valence-corrected chi connectivity index (χ4v) is 5.72. The number of fused-ring (bicyclic) bond motifs is 1. The second-order valence-corrected chi connectivity index (χ2v) is 10.6. The van der Waals surface area contributed by atoms with Crippen LogP contribution in [0.15, 0.2) is 42.6 Å². The molecule has 2 aliphatic rings. The molecule has 13 heteroatoms. The van der Waals surface area contributed by atoms with Gasteiger partial charge in [0.25, 0.3) is 0 Å². The number of aryl methyl sites for hydroxylation is 1. The number of H-pyrrole nitrogens is 1. The lowest BCUT2D eigenvalue weighted by atomic mass is 9.60. The maximum atomic E-state index is 13.3. The van der Waals surface area contributed by atoms with E-state index >= 15 is 0 Å². The van der Waals surface area contributed by atoms with Crippen molar-refractivity contribution in [1.82, 2.24) is 9.88 Å². The number of hydrogen-bond donors (Lipinski definition) is 7. The Morgan fingerprint density at radius 3 is 2.33 bits per heavy atom. The third-order valence-electron chi connectivity index (χ3n) is 7.59. The van der Waals surface area contributed by atoms with E-state index in [1.165, 1.54) is 18.2 Å². The Bertz CT molecular complexity index is 1370. The van der Waals surface area contributed by atoms with Gasteiger partial charge in [-0.25, -0.2) is 13.6 Å². The highest BCUT2D eigenvalue weighted by Crippen LogP contribution is 2.58. The number of aliphatic hydroxyl groups is 4. The first-order valence-corrected chi connectivity index (χ1v) is 12.6. The summed E-state index contributed by atoms with van der Waals surface area (Å²) in [7, 11) is 7.96. The topological polar surface area (TPSA) is 159 Å². The highest BCUT2D eigenvalue weighted by atomic mass is 19.3. The Hall–Kier alpha value is -3.23. The number of nitrogens with zero attached hydrogens (tertiary/aromatic N) is 1. The van der Waals surface area contributed by atoms with Crippen molar-refractivity contribution < 1.29 is 43.8 Å². The minimum atomic E-state index is -3.06. The average molecular weight is 559 g/mol. The van der Waals surface area contributed by atoms with Crippen LogP contribution in [0.25, 0.3) is 10.9 Å². The van der Waals surface area contributed by atoms with Gasteiger partial charge in [0.1, 0.15) is 19.2 Å². The number of piperidine rings is 1. The molecular weight excluding hydrogens is 527 g/mol. The number of hydrogen-bond acceptors (Lipinski definition) is 8. The van der Waals surface area contributed by atoms with Crippen molar-refractivity contribution in [3.8, 4) is 5.75 Å². The average Bonchev–Trinajstić information content (AvgIpc) is 3.32. The number of rotatable bonds is 6. The zero-order valence-electron chi connectivity index (χ0n) is 22.1. The van der Waals surface area contributed by atoms with Crippen molar-refractivity contribution in [2.75, 3.05) is 25.5 Å². The van der Waals surface area contributed by atoms with Crippen molar-refractivity contribution >= 4 is 30.4 Å². The molecule has 1 spiro atoms. The van der Waals surface area contributed by atoms with E-state index in [9.17, 15) is 18.7 Å². The first-order chi connectivity index (χ1) is 18.6. The fourth-order valence-electron chi connectivity index (χ4n) is 5.72. The standard InChI is InChI=1S/C19H23BF2N2O2.C8H9NO5/c1-12-9-14(26-2)15(13-3-6-23-16(12)13)19(20,25)24-7-4-17(5-8-24)10-18(21,22)11-17;10-7(11)5-2-1-3-6(4-5)9-8(12,13)14/h3,6,9,23,25H,4-5,7-8,10-11H2,1-2H3;1-4,9,12-14H,(H,10,11). The summed E-state index contributed by atoms with van der Waals surface area (Å²) in [4.78, 5) is 15.4. The number of halogens is 2. The molecule has 5 rings (SSSR count).